The summed E-state index contributed by atoms with van der Waals surface area (Å²) in [4.78, 5) is 13.2. The van der Waals surface area contributed by atoms with Crippen molar-refractivity contribution >= 4 is 11.7 Å². The van der Waals surface area contributed by atoms with Crippen LogP contribution < -0.4 is 5.32 Å². The summed E-state index contributed by atoms with van der Waals surface area (Å²) in [5.74, 6) is -2.41. The maximum absolute atomic E-state index is 14.9. The first-order valence-corrected chi connectivity index (χ1v) is 11.3. The van der Waals surface area contributed by atoms with Gasteiger partial charge in [0, 0.05) is 31.9 Å². The van der Waals surface area contributed by atoms with Crippen molar-refractivity contribution in [3.05, 3.63) is 89.0 Å². The van der Waals surface area contributed by atoms with Gasteiger partial charge in [-0.3, -0.25) is 9.48 Å². The van der Waals surface area contributed by atoms with Gasteiger partial charge >= 0.3 is 6.18 Å². The number of carbonyl (C=O) groups excluding carboxylic acids is 1. The topological polar surface area (TPSA) is 108 Å². The monoisotopic (exact) mass is 543 g/mol. The van der Waals surface area contributed by atoms with Gasteiger partial charge in [0.15, 0.2) is 5.82 Å². The normalized spacial score (nSPS) is 11.7. The number of tetrazole rings is 1. The predicted molar refractivity (Wildman–Crippen MR) is 127 cm³/mol. The molecule has 0 aliphatic rings. The van der Waals surface area contributed by atoms with Crippen LogP contribution in [0.1, 0.15) is 27.4 Å². The average Bonchev–Trinajstić information content (AvgIpc) is 3.59. The molecule has 200 valence electrons. The van der Waals surface area contributed by atoms with E-state index in [-0.39, 0.29) is 24.0 Å². The number of benzene rings is 2. The molecule has 10 nitrogen and oxygen atoms in total. The third-order valence-electron chi connectivity index (χ3n) is 5.77. The highest BCUT2D eigenvalue weighted by molar-refractivity contribution is 6.05. The quantitative estimate of drug-likeness (QED) is 0.325. The Kier molecular flexibility index (Phi) is 6.41. The number of amides is 1. The number of hydrogen-bond donors (Lipinski definition) is 1. The number of anilines is 1. The van der Waals surface area contributed by atoms with Crippen molar-refractivity contribution in [1.82, 2.24) is 39.8 Å². The number of rotatable bonds is 6. The SMILES string of the molecule is Cn1ccc(-c2cc(C(=O)Nc3cc(Cc4nnnn4C)nn3-c3ccc(F)cc3)c(F)cc2C(F)(F)F)n1. The van der Waals surface area contributed by atoms with Crippen LogP contribution in [0, 0.1) is 11.6 Å². The van der Waals surface area contributed by atoms with Gasteiger partial charge in [-0.05, 0) is 52.9 Å². The summed E-state index contributed by atoms with van der Waals surface area (Å²) in [7, 11) is 3.14. The Hall–Kier alpha value is -4.95. The molecule has 0 unspecified atom stereocenters. The van der Waals surface area contributed by atoms with Crippen molar-refractivity contribution in [2.45, 2.75) is 12.6 Å². The van der Waals surface area contributed by atoms with E-state index in [9.17, 15) is 26.7 Å². The molecular weight excluding hydrogens is 525 g/mol. The van der Waals surface area contributed by atoms with E-state index in [2.05, 4.69) is 31.0 Å². The van der Waals surface area contributed by atoms with Crippen LogP contribution in [0.3, 0.4) is 0 Å². The van der Waals surface area contributed by atoms with E-state index >= 15 is 0 Å². The molecule has 15 heteroatoms. The van der Waals surface area contributed by atoms with Crippen LogP contribution in [0.4, 0.5) is 27.8 Å². The molecule has 2 aromatic carbocycles. The lowest BCUT2D eigenvalue weighted by atomic mass is 9.99. The van der Waals surface area contributed by atoms with Gasteiger partial charge in [0.1, 0.15) is 17.5 Å². The lowest BCUT2D eigenvalue weighted by Gasteiger charge is -2.15. The average molecular weight is 543 g/mol. The van der Waals surface area contributed by atoms with E-state index in [0.717, 1.165) is 6.07 Å². The lowest BCUT2D eigenvalue weighted by Crippen LogP contribution is -2.18. The third kappa shape index (κ3) is 5.23. The summed E-state index contributed by atoms with van der Waals surface area (Å²) in [5, 5.41) is 22.1. The van der Waals surface area contributed by atoms with E-state index in [1.54, 1.807) is 7.05 Å². The minimum absolute atomic E-state index is 0.0513. The number of carbonyl (C=O) groups is 1. The van der Waals surface area contributed by atoms with Crippen LogP contribution in [-0.4, -0.2) is 45.7 Å². The molecule has 5 aromatic rings. The Morgan fingerprint density at radius 1 is 1.00 bits per heavy atom. The zero-order valence-electron chi connectivity index (χ0n) is 20.3. The molecule has 3 heterocycles. The fraction of sp³-hybridized carbons (Fsp3) is 0.167. The molecule has 0 spiro atoms. The van der Waals surface area contributed by atoms with Gasteiger partial charge in [0.25, 0.3) is 5.91 Å². The summed E-state index contributed by atoms with van der Waals surface area (Å²) < 4.78 is 73.5. The number of hydrogen-bond acceptors (Lipinski definition) is 6. The molecule has 0 atom stereocenters. The minimum atomic E-state index is -4.90. The summed E-state index contributed by atoms with van der Waals surface area (Å²) >= 11 is 0. The van der Waals surface area contributed by atoms with Crippen LogP contribution in [0.15, 0.2) is 54.7 Å². The minimum Gasteiger partial charge on any atom is -0.306 e. The van der Waals surface area contributed by atoms with Crippen LogP contribution >= 0.6 is 0 Å². The molecule has 0 saturated carbocycles. The Morgan fingerprint density at radius 3 is 2.36 bits per heavy atom. The number of aromatic nitrogens is 8. The van der Waals surface area contributed by atoms with Gasteiger partial charge in [-0.15, -0.1) is 5.10 Å². The van der Waals surface area contributed by atoms with Crippen LogP contribution in [0.5, 0.6) is 0 Å². The number of alkyl halides is 3. The van der Waals surface area contributed by atoms with Gasteiger partial charge in [0.05, 0.1) is 34.6 Å². The number of halogens is 5. The molecule has 1 amide bonds. The molecule has 0 aliphatic carbocycles. The van der Waals surface area contributed by atoms with E-state index in [1.165, 1.54) is 63.7 Å². The zero-order valence-corrected chi connectivity index (χ0v) is 20.3. The Labute approximate surface area is 216 Å². The van der Waals surface area contributed by atoms with E-state index in [1.807, 2.05) is 0 Å². The maximum Gasteiger partial charge on any atom is 0.417 e. The predicted octanol–water partition coefficient (Wildman–Crippen LogP) is 3.94. The lowest BCUT2D eigenvalue weighted by molar-refractivity contribution is -0.137. The molecule has 0 aliphatic heterocycles. The number of aryl methyl sites for hydroxylation is 2. The molecule has 0 fully saturated rings. The number of nitrogens with one attached hydrogen (secondary N) is 1. The van der Waals surface area contributed by atoms with Crippen LogP contribution in [0.25, 0.3) is 16.9 Å². The maximum atomic E-state index is 14.9. The second kappa shape index (κ2) is 9.74. The molecular formula is C24H18F5N9O. The van der Waals surface area contributed by atoms with E-state index in [4.69, 9.17) is 0 Å². The molecule has 5 rings (SSSR count). The third-order valence-corrected chi connectivity index (χ3v) is 5.77. The van der Waals surface area contributed by atoms with Gasteiger partial charge in [-0.25, -0.2) is 18.1 Å². The second-order valence-corrected chi connectivity index (χ2v) is 8.51. The zero-order chi connectivity index (χ0) is 27.9. The number of nitrogens with zero attached hydrogens (tertiary/aromatic N) is 8. The standard InChI is InChI=1S/C24H18F5N9O/c1-36-8-7-20(33-36)16-11-17(19(26)12-18(16)24(27,28)29)23(39)30-21-9-14(10-22-31-34-35-37(22)2)32-38(21)15-5-3-13(25)4-6-15/h3-9,11-12H,10H2,1-2H3,(H,30,39). The van der Waals surface area contributed by atoms with Crippen LogP contribution in [0.2, 0.25) is 0 Å². The highest BCUT2D eigenvalue weighted by atomic mass is 19.4. The van der Waals surface area contributed by atoms with E-state index in [0.29, 0.717) is 17.2 Å². The summed E-state index contributed by atoms with van der Waals surface area (Å²) in [6, 6.07) is 9.04. The summed E-state index contributed by atoms with van der Waals surface area (Å²) in [6.07, 6.45) is -3.32. The van der Waals surface area contributed by atoms with Gasteiger partial charge in [-0.1, -0.05) is 0 Å². The molecule has 0 radical (unpaired) electrons. The summed E-state index contributed by atoms with van der Waals surface area (Å²) in [6.45, 7) is 0. The van der Waals surface area contributed by atoms with Crippen molar-refractivity contribution in [1.29, 1.82) is 0 Å². The largest absolute Gasteiger partial charge is 0.417 e. The molecule has 0 saturated heterocycles. The second-order valence-electron chi connectivity index (χ2n) is 8.51. The van der Waals surface area contributed by atoms with Gasteiger partial charge < -0.3 is 5.32 Å². The van der Waals surface area contributed by atoms with Gasteiger partial charge in [-0.2, -0.15) is 23.4 Å². The first-order chi connectivity index (χ1) is 18.5. The Morgan fingerprint density at radius 2 is 1.74 bits per heavy atom. The Balaban J connectivity index is 1.55. The molecule has 3 aromatic heterocycles. The highest BCUT2D eigenvalue weighted by Gasteiger charge is 2.36. The van der Waals surface area contributed by atoms with E-state index < -0.39 is 40.4 Å². The first kappa shape index (κ1) is 25.7. The molecule has 1 N–H and O–H groups in total. The highest BCUT2D eigenvalue weighted by Crippen LogP contribution is 2.38. The van der Waals surface area contributed by atoms with Crippen molar-refractivity contribution in [3.63, 3.8) is 0 Å². The molecule has 39 heavy (non-hydrogen) atoms. The van der Waals surface area contributed by atoms with Crippen LogP contribution in [-0.2, 0) is 26.7 Å². The van der Waals surface area contributed by atoms with Gasteiger partial charge in [0.2, 0.25) is 0 Å². The fourth-order valence-electron chi connectivity index (χ4n) is 3.88. The smallest absolute Gasteiger partial charge is 0.306 e. The van der Waals surface area contributed by atoms with Crippen molar-refractivity contribution < 1.29 is 26.7 Å². The first-order valence-electron chi connectivity index (χ1n) is 11.3. The summed E-state index contributed by atoms with van der Waals surface area (Å²) in [5.41, 5.74) is -1.71. The van der Waals surface area contributed by atoms with Crippen molar-refractivity contribution in [2.24, 2.45) is 14.1 Å². The molecule has 0 bridgehead atoms. The Bertz CT molecular complexity index is 1670. The van der Waals surface area contributed by atoms with Crippen molar-refractivity contribution in [3.8, 4) is 16.9 Å². The fourth-order valence-corrected chi connectivity index (χ4v) is 3.88. The van der Waals surface area contributed by atoms with Crippen molar-refractivity contribution in [2.75, 3.05) is 5.32 Å².